The summed E-state index contributed by atoms with van der Waals surface area (Å²) >= 11 is 2.45. The Morgan fingerprint density at radius 1 is 0.500 bits per heavy atom. The summed E-state index contributed by atoms with van der Waals surface area (Å²) in [6, 6.07) is 41.0. The molecular weight excluding hydrogens is 470 g/mol. The molecule has 4 aromatic rings. The van der Waals surface area contributed by atoms with Crippen LogP contribution in [0.2, 0.25) is 0 Å². The maximum Gasteiger partial charge on any atom is 0.0207 e. The van der Waals surface area contributed by atoms with Crippen molar-refractivity contribution in [2.75, 3.05) is 0 Å². The van der Waals surface area contributed by atoms with Crippen LogP contribution in [0, 0.1) is 3.57 Å². The monoisotopic (exact) mass is 490 g/mol. The summed E-state index contributed by atoms with van der Waals surface area (Å²) in [7, 11) is 0.575. The number of hydrogen-bond acceptors (Lipinski definition) is 0. The zero-order valence-corrected chi connectivity index (χ0v) is 18.5. The molecule has 0 saturated heterocycles. The Bertz CT molecular complexity index is 1030. The van der Waals surface area contributed by atoms with Gasteiger partial charge in [0.25, 0.3) is 0 Å². The van der Waals surface area contributed by atoms with Crippen molar-refractivity contribution in [1.82, 2.24) is 0 Å². The lowest BCUT2D eigenvalue weighted by molar-refractivity contribution is 1.55. The fourth-order valence-electron chi connectivity index (χ4n) is 3.25. The van der Waals surface area contributed by atoms with E-state index in [-0.39, 0.29) is 0 Å². The Hall–Kier alpha value is -2.22. The molecule has 0 spiro atoms. The van der Waals surface area contributed by atoms with Crippen LogP contribution in [0.15, 0.2) is 115 Å². The van der Waals surface area contributed by atoms with Crippen molar-refractivity contribution in [3.05, 3.63) is 136 Å². The van der Waals surface area contributed by atoms with Crippen LogP contribution in [-0.2, 0) is 0 Å². The molecule has 0 N–H and O–H groups in total. The van der Waals surface area contributed by atoms with Gasteiger partial charge >= 0.3 is 0 Å². The van der Waals surface area contributed by atoms with Gasteiger partial charge in [-0.1, -0.05) is 118 Å². The summed E-state index contributed by atoms with van der Waals surface area (Å²) in [5, 5.41) is 2.76. The van der Waals surface area contributed by atoms with Crippen molar-refractivity contribution < 1.29 is 0 Å². The van der Waals surface area contributed by atoms with Crippen molar-refractivity contribution in [3.8, 4) is 0 Å². The van der Waals surface area contributed by atoms with Crippen LogP contribution in [0.5, 0.6) is 0 Å². The van der Waals surface area contributed by atoms with Gasteiger partial charge in [0, 0.05) is 3.57 Å². The van der Waals surface area contributed by atoms with Gasteiger partial charge in [0.2, 0.25) is 0 Å². The zero-order chi connectivity index (χ0) is 19.2. The number of benzene rings is 4. The van der Waals surface area contributed by atoms with E-state index in [0.717, 1.165) is 0 Å². The first-order valence-corrected chi connectivity index (χ1v) is 11.3. The maximum atomic E-state index is 2.45. The summed E-state index contributed by atoms with van der Waals surface area (Å²) < 4.78 is 1.31. The number of rotatable bonds is 5. The van der Waals surface area contributed by atoms with Crippen molar-refractivity contribution in [3.63, 3.8) is 0 Å². The molecule has 2 heteroatoms. The third-order valence-corrected chi connectivity index (χ3v) is 7.51. The standard InChI is InChI=1S/C26H20IP/c27-23-18-10-11-19-24(23)28-26(22-16-8-3-9-17-22)25(20-12-4-1-5-13-20)21-14-6-2-7-15-21/h1-19,28H. The van der Waals surface area contributed by atoms with Crippen LogP contribution < -0.4 is 5.30 Å². The zero-order valence-electron chi connectivity index (χ0n) is 15.3. The Morgan fingerprint density at radius 2 is 0.929 bits per heavy atom. The molecular formula is C26H20IP. The Labute approximate surface area is 182 Å². The topological polar surface area (TPSA) is 0 Å². The summed E-state index contributed by atoms with van der Waals surface area (Å²) in [5.41, 5.74) is 5.10. The van der Waals surface area contributed by atoms with Crippen LogP contribution in [-0.4, -0.2) is 0 Å². The fourth-order valence-corrected chi connectivity index (χ4v) is 5.41. The predicted octanol–water partition coefficient (Wildman–Crippen LogP) is 7.21. The van der Waals surface area contributed by atoms with Crippen LogP contribution >= 0.6 is 31.2 Å². The van der Waals surface area contributed by atoms with Gasteiger partial charge in [-0.05, 0) is 61.5 Å². The van der Waals surface area contributed by atoms with E-state index in [1.807, 2.05) is 0 Å². The van der Waals surface area contributed by atoms with Gasteiger partial charge < -0.3 is 0 Å². The molecule has 0 nitrogen and oxygen atoms in total. The Kier molecular flexibility index (Phi) is 6.36. The summed E-state index contributed by atoms with van der Waals surface area (Å²) in [5.74, 6) is 0. The average Bonchev–Trinajstić information content (AvgIpc) is 2.77. The van der Waals surface area contributed by atoms with Gasteiger partial charge in [-0.3, -0.25) is 0 Å². The molecule has 0 aliphatic heterocycles. The van der Waals surface area contributed by atoms with E-state index in [0.29, 0.717) is 8.58 Å². The molecule has 0 saturated carbocycles. The van der Waals surface area contributed by atoms with Crippen molar-refractivity contribution in [2.24, 2.45) is 0 Å². The molecule has 0 radical (unpaired) electrons. The highest BCUT2D eigenvalue weighted by Gasteiger charge is 2.15. The molecule has 0 fully saturated rings. The van der Waals surface area contributed by atoms with E-state index in [1.165, 1.54) is 36.5 Å². The van der Waals surface area contributed by atoms with Crippen LogP contribution in [0.1, 0.15) is 16.7 Å². The fraction of sp³-hybridized carbons (Fsp3) is 0. The lowest BCUT2D eigenvalue weighted by Crippen LogP contribution is -2.01. The second-order valence-corrected chi connectivity index (χ2v) is 8.90. The van der Waals surface area contributed by atoms with E-state index in [1.54, 1.807) is 0 Å². The summed E-state index contributed by atoms with van der Waals surface area (Å²) in [4.78, 5) is 0. The first kappa shape index (κ1) is 19.1. The minimum atomic E-state index is 0.575. The van der Waals surface area contributed by atoms with Gasteiger partial charge in [-0.15, -0.1) is 0 Å². The molecule has 0 aromatic heterocycles. The average molecular weight is 490 g/mol. The Balaban J connectivity index is 1.99. The molecule has 0 amide bonds. The summed E-state index contributed by atoms with van der Waals surface area (Å²) in [6.45, 7) is 0. The Morgan fingerprint density at radius 3 is 1.43 bits per heavy atom. The molecule has 4 rings (SSSR count). The SMILES string of the molecule is Ic1ccccc1PC(=C(c1ccccc1)c1ccccc1)c1ccccc1. The first-order valence-electron chi connectivity index (χ1n) is 9.25. The highest BCUT2D eigenvalue weighted by molar-refractivity contribution is 14.1. The normalized spacial score (nSPS) is 10.9. The highest BCUT2D eigenvalue weighted by atomic mass is 127. The molecule has 0 aliphatic rings. The van der Waals surface area contributed by atoms with E-state index >= 15 is 0 Å². The minimum Gasteiger partial charge on any atom is -0.0622 e. The second-order valence-electron chi connectivity index (χ2n) is 6.45. The molecule has 1 unspecified atom stereocenters. The molecule has 0 heterocycles. The van der Waals surface area contributed by atoms with Gasteiger partial charge in [0.15, 0.2) is 0 Å². The lowest BCUT2D eigenvalue weighted by atomic mass is 9.95. The third kappa shape index (κ3) is 4.43. The van der Waals surface area contributed by atoms with Crippen LogP contribution in [0.4, 0.5) is 0 Å². The van der Waals surface area contributed by atoms with Gasteiger partial charge in [-0.25, -0.2) is 0 Å². The van der Waals surface area contributed by atoms with E-state index in [4.69, 9.17) is 0 Å². The number of halogens is 1. The first-order chi connectivity index (χ1) is 13.8. The van der Waals surface area contributed by atoms with Crippen LogP contribution in [0.3, 0.4) is 0 Å². The minimum absolute atomic E-state index is 0.575. The molecule has 0 bridgehead atoms. The smallest absolute Gasteiger partial charge is 0.0207 e. The van der Waals surface area contributed by atoms with E-state index in [2.05, 4.69) is 138 Å². The third-order valence-electron chi connectivity index (χ3n) is 4.57. The van der Waals surface area contributed by atoms with Crippen LogP contribution in [0.25, 0.3) is 10.9 Å². The highest BCUT2D eigenvalue weighted by Crippen LogP contribution is 2.43. The summed E-state index contributed by atoms with van der Waals surface area (Å²) in [6.07, 6.45) is 0. The lowest BCUT2D eigenvalue weighted by Gasteiger charge is -2.18. The van der Waals surface area contributed by atoms with Gasteiger partial charge in [0.1, 0.15) is 0 Å². The molecule has 136 valence electrons. The molecule has 1 atom stereocenters. The predicted molar refractivity (Wildman–Crippen MR) is 132 cm³/mol. The van der Waals surface area contributed by atoms with E-state index < -0.39 is 0 Å². The second kappa shape index (κ2) is 9.32. The van der Waals surface area contributed by atoms with Crippen molar-refractivity contribution in [2.45, 2.75) is 0 Å². The largest absolute Gasteiger partial charge is 0.0622 e. The quantitative estimate of drug-likeness (QED) is 0.158. The number of hydrogen-bond donors (Lipinski definition) is 0. The van der Waals surface area contributed by atoms with Crippen molar-refractivity contribution in [1.29, 1.82) is 0 Å². The van der Waals surface area contributed by atoms with Gasteiger partial charge in [-0.2, -0.15) is 0 Å². The molecule has 28 heavy (non-hydrogen) atoms. The van der Waals surface area contributed by atoms with Crippen molar-refractivity contribution >= 4 is 47.4 Å². The molecule has 0 aliphatic carbocycles. The maximum absolute atomic E-state index is 2.45. The van der Waals surface area contributed by atoms with Gasteiger partial charge in [0.05, 0.1) is 0 Å². The van der Waals surface area contributed by atoms with E-state index in [9.17, 15) is 0 Å². The molecule has 4 aromatic carbocycles.